The van der Waals surface area contributed by atoms with Gasteiger partial charge in [0.2, 0.25) is 0 Å². The van der Waals surface area contributed by atoms with Gasteiger partial charge in [-0.25, -0.2) is 0 Å². The Hall–Kier alpha value is -1.85. The molecule has 1 aromatic heterocycles. The molecular formula is C16H23ClN4O. The van der Waals surface area contributed by atoms with Crippen molar-refractivity contribution in [2.75, 3.05) is 7.05 Å². The van der Waals surface area contributed by atoms with Crippen LogP contribution in [0.1, 0.15) is 32.8 Å². The first-order valence-electron chi connectivity index (χ1n) is 7.11. The Kier molecular flexibility index (Phi) is 7.63. The molecule has 22 heavy (non-hydrogen) atoms. The molecule has 0 amide bonds. The lowest BCUT2D eigenvalue weighted by Crippen LogP contribution is -2.14. The largest absolute Gasteiger partial charge is 0.413 e. The van der Waals surface area contributed by atoms with E-state index in [1.54, 1.807) is 19.4 Å². The number of allylic oxidation sites excluding steroid dienone is 3. The molecule has 6 heteroatoms. The number of rotatable bonds is 8. The van der Waals surface area contributed by atoms with Crippen LogP contribution in [0.2, 0.25) is 5.02 Å². The van der Waals surface area contributed by atoms with Crippen LogP contribution in [0.15, 0.2) is 41.6 Å². The fourth-order valence-corrected chi connectivity index (χ4v) is 2.20. The molecular weight excluding hydrogens is 300 g/mol. The highest BCUT2D eigenvalue weighted by atomic mass is 35.5. The first-order valence-corrected chi connectivity index (χ1v) is 7.49. The van der Waals surface area contributed by atoms with Crippen LogP contribution in [0.3, 0.4) is 0 Å². The van der Waals surface area contributed by atoms with Gasteiger partial charge >= 0.3 is 0 Å². The SMILES string of the molecule is CC/C(C(=N)/C(C)=C/NCc1cncc(Cl)c1)=C(/C)ONC. The highest BCUT2D eigenvalue weighted by Crippen LogP contribution is 2.15. The summed E-state index contributed by atoms with van der Waals surface area (Å²) in [7, 11) is 1.70. The minimum absolute atomic E-state index is 0.465. The average molecular weight is 323 g/mol. The number of nitrogens with zero attached hydrogens (tertiary/aromatic N) is 1. The predicted molar refractivity (Wildman–Crippen MR) is 90.7 cm³/mol. The van der Waals surface area contributed by atoms with E-state index in [-0.39, 0.29) is 0 Å². The number of aromatic nitrogens is 1. The second-order valence-electron chi connectivity index (χ2n) is 4.79. The highest BCUT2D eigenvalue weighted by molar-refractivity contribution is 6.30. The van der Waals surface area contributed by atoms with Crippen LogP contribution in [0, 0.1) is 5.41 Å². The summed E-state index contributed by atoms with van der Waals surface area (Å²) in [6.07, 6.45) is 5.92. The van der Waals surface area contributed by atoms with Gasteiger partial charge in [-0.1, -0.05) is 18.5 Å². The van der Waals surface area contributed by atoms with Gasteiger partial charge in [0.25, 0.3) is 0 Å². The number of pyridine rings is 1. The normalized spacial score (nSPS) is 12.7. The molecule has 0 bridgehead atoms. The topological polar surface area (TPSA) is 70.0 Å². The first-order chi connectivity index (χ1) is 10.5. The molecule has 0 fully saturated rings. The average Bonchev–Trinajstić information content (AvgIpc) is 2.48. The van der Waals surface area contributed by atoms with E-state index in [1.807, 2.05) is 33.0 Å². The maximum atomic E-state index is 8.27. The van der Waals surface area contributed by atoms with Crippen LogP contribution >= 0.6 is 11.6 Å². The third kappa shape index (κ3) is 5.50. The Bertz CT molecular complexity index is 581. The maximum absolute atomic E-state index is 8.27. The van der Waals surface area contributed by atoms with Crippen LogP contribution in [0.25, 0.3) is 0 Å². The van der Waals surface area contributed by atoms with E-state index >= 15 is 0 Å². The Balaban J connectivity index is 2.71. The lowest BCUT2D eigenvalue weighted by molar-refractivity contribution is 0.126. The second-order valence-corrected chi connectivity index (χ2v) is 5.23. The summed E-state index contributed by atoms with van der Waals surface area (Å²) in [6.45, 7) is 6.36. The minimum Gasteiger partial charge on any atom is -0.413 e. The fraction of sp³-hybridized carbons (Fsp3) is 0.375. The van der Waals surface area contributed by atoms with Crippen LogP contribution < -0.4 is 10.8 Å². The van der Waals surface area contributed by atoms with E-state index < -0.39 is 0 Å². The van der Waals surface area contributed by atoms with E-state index in [1.165, 1.54) is 0 Å². The van der Waals surface area contributed by atoms with Crippen LogP contribution in [0.5, 0.6) is 0 Å². The second kappa shape index (κ2) is 9.23. The van der Waals surface area contributed by atoms with Gasteiger partial charge in [-0.2, -0.15) is 5.48 Å². The highest BCUT2D eigenvalue weighted by Gasteiger charge is 2.10. The summed E-state index contributed by atoms with van der Waals surface area (Å²) in [5, 5.41) is 12.1. The predicted octanol–water partition coefficient (Wildman–Crippen LogP) is 3.58. The van der Waals surface area contributed by atoms with Crippen molar-refractivity contribution >= 4 is 17.3 Å². The molecule has 0 atom stereocenters. The van der Waals surface area contributed by atoms with Gasteiger partial charge in [-0.15, -0.1) is 0 Å². The smallest absolute Gasteiger partial charge is 0.126 e. The number of hydroxylamine groups is 1. The molecule has 120 valence electrons. The number of nitrogens with one attached hydrogen (secondary N) is 3. The molecule has 0 spiro atoms. The molecule has 0 aliphatic heterocycles. The van der Waals surface area contributed by atoms with Crippen molar-refractivity contribution in [1.29, 1.82) is 5.41 Å². The zero-order valence-electron chi connectivity index (χ0n) is 13.5. The monoisotopic (exact) mass is 322 g/mol. The molecule has 0 saturated heterocycles. The zero-order chi connectivity index (χ0) is 16.5. The summed E-state index contributed by atoms with van der Waals surface area (Å²) in [5.74, 6) is 0.710. The van der Waals surface area contributed by atoms with Gasteiger partial charge in [-0.3, -0.25) is 4.98 Å². The van der Waals surface area contributed by atoms with E-state index in [0.29, 0.717) is 23.0 Å². The van der Waals surface area contributed by atoms with E-state index in [2.05, 4.69) is 15.8 Å². The summed E-state index contributed by atoms with van der Waals surface area (Å²) in [5.41, 5.74) is 5.80. The summed E-state index contributed by atoms with van der Waals surface area (Å²) >= 11 is 5.90. The van der Waals surface area contributed by atoms with Gasteiger partial charge in [0.1, 0.15) is 5.76 Å². The van der Waals surface area contributed by atoms with Gasteiger partial charge in [-0.05, 0) is 37.5 Å². The third-order valence-corrected chi connectivity index (χ3v) is 3.32. The Morgan fingerprint density at radius 1 is 1.41 bits per heavy atom. The summed E-state index contributed by atoms with van der Waals surface area (Å²) in [4.78, 5) is 9.31. The molecule has 5 nitrogen and oxygen atoms in total. The molecule has 0 aromatic carbocycles. The Morgan fingerprint density at radius 3 is 2.73 bits per heavy atom. The quantitative estimate of drug-likeness (QED) is 0.388. The lowest BCUT2D eigenvalue weighted by atomic mass is 10.0. The standard InChI is InChI=1S/C16H23ClN4O/c1-5-15(12(3)22-19-4)16(18)11(2)7-20-8-13-6-14(17)10-21-9-13/h6-7,9-10,18-20H,5,8H2,1-4H3/b11-7+,15-12+,18-16?. The van der Waals surface area contributed by atoms with Crippen LogP contribution in [0.4, 0.5) is 0 Å². The molecule has 0 saturated carbocycles. The first kappa shape index (κ1) is 18.2. The number of hydrogen-bond donors (Lipinski definition) is 3. The molecule has 0 aliphatic rings. The molecule has 0 aliphatic carbocycles. The van der Waals surface area contributed by atoms with Gasteiger partial charge < -0.3 is 15.6 Å². The summed E-state index contributed by atoms with van der Waals surface area (Å²) < 4.78 is 0. The van der Waals surface area contributed by atoms with Crippen molar-refractivity contribution in [1.82, 2.24) is 15.8 Å². The lowest BCUT2D eigenvalue weighted by Gasteiger charge is -2.13. The van der Waals surface area contributed by atoms with Crippen LogP contribution in [-0.4, -0.2) is 17.7 Å². The van der Waals surface area contributed by atoms with Gasteiger partial charge in [0.15, 0.2) is 0 Å². The van der Waals surface area contributed by atoms with Gasteiger partial charge in [0.05, 0.1) is 10.7 Å². The van der Waals surface area contributed by atoms with Crippen molar-refractivity contribution in [3.8, 4) is 0 Å². The van der Waals surface area contributed by atoms with Crippen molar-refractivity contribution in [2.45, 2.75) is 33.7 Å². The molecule has 1 aromatic rings. The number of hydrogen-bond acceptors (Lipinski definition) is 5. The van der Waals surface area contributed by atoms with E-state index in [0.717, 1.165) is 23.1 Å². The Morgan fingerprint density at radius 2 is 2.14 bits per heavy atom. The molecule has 0 unspecified atom stereocenters. The van der Waals surface area contributed by atoms with Crippen molar-refractivity contribution in [2.24, 2.45) is 0 Å². The molecule has 0 radical (unpaired) electrons. The zero-order valence-corrected chi connectivity index (χ0v) is 14.2. The number of halogens is 1. The fourth-order valence-electron chi connectivity index (χ4n) is 2.00. The molecule has 3 N–H and O–H groups in total. The minimum atomic E-state index is 0.465. The molecule has 1 rings (SSSR count). The van der Waals surface area contributed by atoms with Crippen molar-refractivity contribution in [3.05, 3.63) is 52.2 Å². The van der Waals surface area contributed by atoms with Crippen LogP contribution in [-0.2, 0) is 11.4 Å². The van der Waals surface area contributed by atoms with Crippen molar-refractivity contribution < 1.29 is 4.84 Å². The Labute approximate surface area is 136 Å². The van der Waals surface area contributed by atoms with E-state index in [9.17, 15) is 0 Å². The molecule has 1 heterocycles. The summed E-state index contributed by atoms with van der Waals surface area (Å²) in [6, 6.07) is 1.86. The van der Waals surface area contributed by atoms with Crippen molar-refractivity contribution in [3.63, 3.8) is 0 Å². The van der Waals surface area contributed by atoms with E-state index in [4.69, 9.17) is 21.8 Å². The third-order valence-electron chi connectivity index (χ3n) is 3.12. The van der Waals surface area contributed by atoms with Gasteiger partial charge in [0, 0.05) is 37.8 Å². The maximum Gasteiger partial charge on any atom is 0.126 e.